The Morgan fingerprint density at radius 2 is 2.00 bits per heavy atom. The third kappa shape index (κ3) is 5.38. The normalized spacial score (nSPS) is 16.8. The van der Waals surface area contributed by atoms with Crippen LogP contribution in [0.1, 0.15) is 76.8 Å². The van der Waals surface area contributed by atoms with Crippen LogP contribution in [0.15, 0.2) is 18.2 Å². The minimum atomic E-state index is -0.876. The van der Waals surface area contributed by atoms with Crippen molar-refractivity contribution in [2.24, 2.45) is 5.41 Å². The Kier molecular flexibility index (Phi) is 7.97. The average molecular weight is 373 g/mol. The predicted molar refractivity (Wildman–Crippen MR) is 106 cm³/mol. The summed E-state index contributed by atoms with van der Waals surface area (Å²) in [5.41, 5.74) is 0.0591. The van der Waals surface area contributed by atoms with Gasteiger partial charge in [-0.05, 0) is 43.9 Å². The monoisotopic (exact) mass is 372 g/mol. The molecule has 5 nitrogen and oxygen atoms in total. The zero-order valence-electron chi connectivity index (χ0n) is 16.8. The van der Waals surface area contributed by atoms with Crippen molar-refractivity contribution in [1.29, 1.82) is 5.26 Å². The number of hydrogen-bond donors (Lipinski definition) is 1. The Bertz CT molecular complexity index is 660. The van der Waals surface area contributed by atoms with Gasteiger partial charge in [-0.25, -0.2) is 0 Å². The van der Waals surface area contributed by atoms with Crippen molar-refractivity contribution in [3.63, 3.8) is 0 Å². The van der Waals surface area contributed by atoms with Gasteiger partial charge < -0.3 is 14.8 Å². The van der Waals surface area contributed by atoms with Crippen LogP contribution in [0.5, 0.6) is 11.5 Å². The van der Waals surface area contributed by atoms with Crippen LogP contribution in [0.3, 0.4) is 0 Å². The van der Waals surface area contributed by atoms with Crippen LogP contribution in [-0.4, -0.2) is 19.6 Å². The molecule has 1 fully saturated rings. The number of nitriles is 1. The van der Waals surface area contributed by atoms with Gasteiger partial charge in [0.25, 0.3) is 0 Å². The maximum absolute atomic E-state index is 12.8. The highest BCUT2D eigenvalue weighted by atomic mass is 16.5. The van der Waals surface area contributed by atoms with Crippen LogP contribution < -0.4 is 14.8 Å². The smallest absolute Gasteiger partial charge is 0.240 e. The molecule has 1 unspecified atom stereocenters. The Balaban J connectivity index is 2.04. The Hall–Kier alpha value is -2.22. The topological polar surface area (TPSA) is 71.3 Å². The molecule has 1 amide bonds. The molecule has 1 aliphatic rings. The van der Waals surface area contributed by atoms with Crippen molar-refractivity contribution in [3.05, 3.63) is 23.8 Å². The number of nitrogens with one attached hydrogen (secondary N) is 1. The lowest BCUT2D eigenvalue weighted by molar-refractivity contribution is -0.130. The van der Waals surface area contributed by atoms with Crippen LogP contribution in [-0.2, 0) is 4.79 Å². The first kappa shape index (κ1) is 21.1. The van der Waals surface area contributed by atoms with E-state index in [9.17, 15) is 10.1 Å². The van der Waals surface area contributed by atoms with E-state index in [-0.39, 0.29) is 11.9 Å². The first-order chi connectivity index (χ1) is 13.1. The largest absolute Gasteiger partial charge is 0.493 e. The van der Waals surface area contributed by atoms with Crippen LogP contribution in [0, 0.1) is 16.7 Å². The molecule has 0 radical (unpaired) electrons. The highest BCUT2D eigenvalue weighted by Gasteiger charge is 2.40. The lowest BCUT2D eigenvalue weighted by Gasteiger charge is -2.30. The van der Waals surface area contributed by atoms with Crippen LogP contribution in [0.2, 0.25) is 0 Å². The summed E-state index contributed by atoms with van der Waals surface area (Å²) in [7, 11) is 1.62. The number of nitrogens with zero attached hydrogens (tertiary/aromatic N) is 1. The minimum Gasteiger partial charge on any atom is -0.493 e. The summed E-state index contributed by atoms with van der Waals surface area (Å²) in [6, 6.07) is 7.82. The molecule has 1 aromatic rings. The predicted octanol–water partition coefficient (Wildman–Crippen LogP) is 4.92. The molecule has 1 aliphatic carbocycles. The molecule has 0 spiro atoms. The van der Waals surface area contributed by atoms with Crippen molar-refractivity contribution in [1.82, 2.24) is 5.32 Å². The fourth-order valence-electron chi connectivity index (χ4n) is 3.57. The highest BCUT2D eigenvalue weighted by Crippen LogP contribution is 2.37. The number of carbonyl (C=O) groups excluding carboxylic acids is 1. The van der Waals surface area contributed by atoms with Gasteiger partial charge in [-0.3, -0.25) is 4.79 Å². The second-order valence-electron chi connectivity index (χ2n) is 7.42. The van der Waals surface area contributed by atoms with Crippen LogP contribution >= 0.6 is 0 Å². The van der Waals surface area contributed by atoms with E-state index in [2.05, 4.69) is 18.3 Å². The van der Waals surface area contributed by atoms with Crippen molar-refractivity contribution in [2.45, 2.75) is 71.3 Å². The molecule has 148 valence electrons. The summed E-state index contributed by atoms with van der Waals surface area (Å²) in [6.45, 7) is 4.76. The van der Waals surface area contributed by atoms with Crippen molar-refractivity contribution in [2.75, 3.05) is 13.7 Å². The molecule has 1 atom stereocenters. The first-order valence-electron chi connectivity index (χ1n) is 10.1. The van der Waals surface area contributed by atoms with Crippen molar-refractivity contribution in [3.8, 4) is 17.6 Å². The average Bonchev–Trinajstić information content (AvgIpc) is 2.71. The second-order valence-corrected chi connectivity index (χ2v) is 7.42. The maximum atomic E-state index is 12.8. The third-order valence-electron chi connectivity index (χ3n) is 5.40. The lowest BCUT2D eigenvalue weighted by atomic mass is 9.74. The summed E-state index contributed by atoms with van der Waals surface area (Å²) in [6.07, 6.45) is 7.59. The standard InChI is InChI=1S/C22H32N2O3/c1-4-5-9-14-27-19-11-10-18(15-20(19)26-3)17(2)24-21(25)22(16-23)12-7-6-8-13-22/h10-11,15,17H,4-9,12-14H2,1-3H3,(H,24,25). The van der Waals surface area contributed by atoms with Crippen molar-refractivity contribution < 1.29 is 14.3 Å². The molecule has 0 saturated heterocycles. The van der Waals surface area contributed by atoms with Gasteiger partial charge in [-0.1, -0.05) is 45.1 Å². The fourth-order valence-corrected chi connectivity index (χ4v) is 3.57. The third-order valence-corrected chi connectivity index (χ3v) is 5.40. The van der Waals surface area contributed by atoms with Crippen molar-refractivity contribution >= 4 is 5.91 Å². The molecule has 1 aromatic carbocycles. The molecule has 5 heteroatoms. The van der Waals surface area contributed by atoms with E-state index in [1.165, 1.54) is 0 Å². The number of ether oxygens (including phenoxy) is 2. The van der Waals surface area contributed by atoms with Crippen LogP contribution in [0.4, 0.5) is 0 Å². The molecular formula is C22H32N2O3. The van der Waals surface area contributed by atoms with Gasteiger partial charge in [0.15, 0.2) is 11.5 Å². The molecule has 0 heterocycles. The second kappa shape index (κ2) is 10.2. The van der Waals surface area contributed by atoms with E-state index in [1.54, 1.807) is 7.11 Å². The van der Waals surface area contributed by atoms with Gasteiger partial charge in [0, 0.05) is 0 Å². The number of rotatable bonds is 9. The van der Waals surface area contributed by atoms with E-state index in [0.29, 0.717) is 25.2 Å². The van der Waals surface area contributed by atoms with Crippen LogP contribution in [0.25, 0.3) is 0 Å². The van der Waals surface area contributed by atoms with Gasteiger partial charge in [-0.15, -0.1) is 0 Å². The SMILES string of the molecule is CCCCCOc1ccc(C(C)NC(=O)C2(C#N)CCCCC2)cc1OC. The van der Waals surface area contributed by atoms with Gasteiger partial charge in [0.1, 0.15) is 5.41 Å². The molecule has 0 aliphatic heterocycles. The van der Waals surface area contributed by atoms with E-state index < -0.39 is 5.41 Å². The summed E-state index contributed by atoms with van der Waals surface area (Å²) >= 11 is 0. The fraction of sp³-hybridized carbons (Fsp3) is 0.636. The molecular weight excluding hydrogens is 340 g/mol. The minimum absolute atomic E-state index is 0.156. The number of benzene rings is 1. The molecule has 0 aromatic heterocycles. The van der Waals surface area contributed by atoms with E-state index in [0.717, 1.165) is 49.8 Å². The molecule has 1 N–H and O–H groups in total. The van der Waals surface area contributed by atoms with Gasteiger partial charge >= 0.3 is 0 Å². The first-order valence-corrected chi connectivity index (χ1v) is 10.1. The van der Waals surface area contributed by atoms with E-state index in [1.807, 2.05) is 25.1 Å². The maximum Gasteiger partial charge on any atom is 0.240 e. The number of amides is 1. The van der Waals surface area contributed by atoms with Gasteiger partial charge in [0.2, 0.25) is 5.91 Å². The van der Waals surface area contributed by atoms with Gasteiger partial charge in [0.05, 0.1) is 25.8 Å². The summed E-state index contributed by atoms with van der Waals surface area (Å²) < 4.78 is 11.3. The Morgan fingerprint density at radius 1 is 1.26 bits per heavy atom. The number of carbonyl (C=O) groups is 1. The number of hydrogen-bond acceptors (Lipinski definition) is 4. The zero-order valence-corrected chi connectivity index (χ0v) is 16.8. The number of unbranched alkanes of at least 4 members (excludes halogenated alkanes) is 2. The lowest BCUT2D eigenvalue weighted by Crippen LogP contribution is -2.42. The number of methoxy groups -OCH3 is 1. The molecule has 27 heavy (non-hydrogen) atoms. The molecule has 2 rings (SSSR count). The van der Waals surface area contributed by atoms with E-state index >= 15 is 0 Å². The molecule has 0 bridgehead atoms. The zero-order chi connectivity index (χ0) is 19.7. The van der Waals surface area contributed by atoms with Gasteiger partial charge in [-0.2, -0.15) is 5.26 Å². The quantitative estimate of drug-likeness (QED) is 0.625. The highest BCUT2D eigenvalue weighted by molar-refractivity contribution is 5.85. The summed E-state index contributed by atoms with van der Waals surface area (Å²) in [5, 5.41) is 12.6. The molecule has 1 saturated carbocycles. The summed E-state index contributed by atoms with van der Waals surface area (Å²) in [4.78, 5) is 12.8. The Labute approximate surface area is 163 Å². The summed E-state index contributed by atoms with van der Waals surface area (Å²) in [5.74, 6) is 1.23. The van der Waals surface area contributed by atoms with E-state index in [4.69, 9.17) is 9.47 Å². The Morgan fingerprint density at radius 3 is 2.63 bits per heavy atom.